The Morgan fingerprint density at radius 1 is 1.24 bits per heavy atom. The number of para-hydroxylation sites is 1. The zero-order chi connectivity index (χ0) is 15.2. The summed E-state index contributed by atoms with van der Waals surface area (Å²) in [6, 6.07) is 7.68. The summed E-state index contributed by atoms with van der Waals surface area (Å²) >= 11 is 0. The van der Waals surface area contributed by atoms with Gasteiger partial charge in [0.1, 0.15) is 5.75 Å². The largest absolute Gasteiger partial charge is 0.508 e. The van der Waals surface area contributed by atoms with E-state index < -0.39 is 5.97 Å². The van der Waals surface area contributed by atoms with Crippen LogP contribution in [0.2, 0.25) is 0 Å². The highest BCUT2D eigenvalue weighted by atomic mass is 16.4. The highest BCUT2D eigenvalue weighted by Crippen LogP contribution is 2.31. The molecule has 1 aliphatic heterocycles. The highest BCUT2D eigenvalue weighted by Gasteiger charge is 2.24. The Labute approximate surface area is 125 Å². The Morgan fingerprint density at radius 2 is 2.00 bits per heavy atom. The SMILES string of the molecule is CCC(c1ccccc1O)N1CCCN(CC(=O)O)CC1. The van der Waals surface area contributed by atoms with Crippen molar-refractivity contribution in [2.24, 2.45) is 0 Å². The van der Waals surface area contributed by atoms with Crippen LogP contribution in [0.4, 0.5) is 0 Å². The van der Waals surface area contributed by atoms with Gasteiger partial charge in [0.05, 0.1) is 6.54 Å². The van der Waals surface area contributed by atoms with Crippen LogP contribution in [0.5, 0.6) is 5.75 Å². The smallest absolute Gasteiger partial charge is 0.317 e. The summed E-state index contributed by atoms with van der Waals surface area (Å²) in [5.74, 6) is -0.424. The minimum Gasteiger partial charge on any atom is -0.508 e. The summed E-state index contributed by atoms with van der Waals surface area (Å²) in [5.41, 5.74) is 0.965. The maximum Gasteiger partial charge on any atom is 0.317 e. The lowest BCUT2D eigenvalue weighted by Crippen LogP contribution is -2.35. The molecule has 2 rings (SSSR count). The Balaban J connectivity index is 2.06. The fraction of sp³-hybridized carbons (Fsp3) is 0.562. The number of carbonyl (C=O) groups is 1. The van der Waals surface area contributed by atoms with Crippen molar-refractivity contribution in [3.63, 3.8) is 0 Å². The van der Waals surface area contributed by atoms with E-state index in [1.165, 1.54) is 0 Å². The fourth-order valence-electron chi connectivity index (χ4n) is 3.10. The molecule has 1 aromatic rings. The van der Waals surface area contributed by atoms with E-state index in [9.17, 15) is 9.90 Å². The third-order valence-corrected chi connectivity index (χ3v) is 4.11. The Hall–Kier alpha value is -1.59. The van der Waals surface area contributed by atoms with Gasteiger partial charge in [0.25, 0.3) is 0 Å². The number of phenolic OH excluding ortho intramolecular Hbond substituents is 1. The molecule has 1 fully saturated rings. The van der Waals surface area contributed by atoms with Crippen molar-refractivity contribution in [1.82, 2.24) is 9.80 Å². The van der Waals surface area contributed by atoms with Crippen LogP contribution in [0.25, 0.3) is 0 Å². The normalized spacial score (nSPS) is 19.1. The van der Waals surface area contributed by atoms with Gasteiger partial charge in [-0.1, -0.05) is 25.1 Å². The van der Waals surface area contributed by atoms with Crippen LogP contribution in [0.15, 0.2) is 24.3 Å². The predicted molar refractivity (Wildman–Crippen MR) is 81.4 cm³/mol. The number of aromatic hydroxyl groups is 1. The highest BCUT2D eigenvalue weighted by molar-refractivity contribution is 5.69. The molecule has 1 atom stereocenters. The van der Waals surface area contributed by atoms with Gasteiger partial charge >= 0.3 is 5.97 Å². The fourth-order valence-corrected chi connectivity index (χ4v) is 3.10. The van der Waals surface area contributed by atoms with Gasteiger partial charge in [-0.2, -0.15) is 0 Å². The molecule has 1 saturated heterocycles. The molecular formula is C16H24N2O3. The average Bonchev–Trinajstić information content (AvgIpc) is 2.67. The average molecular weight is 292 g/mol. The standard InChI is InChI=1S/C16H24N2O3/c1-2-14(13-6-3-4-7-15(13)19)18-9-5-8-17(10-11-18)12-16(20)21/h3-4,6-7,14,19H,2,5,8-12H2,1H3,(H,20,21). The number of carboxylic acids is 1. The summed E-state index contributed by atoms with van der Waals surface area (Å²) in [6.45, 7) is 5.58. The van der Waals surface area contributed by atoms with Gasteiger partial charge in [0, 0.05) is 37.8 Å². The third-order valence-electron chi connectivity index (χ3n) is 4.11. The van der Waals surface area contributed by atoms with Crippen molar-refractivity contribution >= 4 is 5.97 Å². The number of rotatable bonds is 5. The van der Waals surface area contributed by atoms with Crippen molar-refractivity contribution in [2.75, 3.05) is 32.7 Å². The first-order chi connectivity index (χ1) is 10.1. The number of nitrogens with zero attached hydrogens (tertiary/aromatic N) is 2. The molecule has 0 spiro atoms. The first-order valence-corrected chi connectivity index (χ1v) is 7.58. The van der Waals surface area contributed by atoms with E-state index >= 15 is 0 Å². The second-order valence-electron chi connectivity index (χ2n) is 5.54. The summed E-state index contributed by atoms with van der Waals surface area (Å²) < 4.78 is 0. The van der Waals surface area contributed by atoms with Crippen molar-refractivity contribution < 1.29 is 15.0 Å². The second-order valence-corrected chi connectivity index (χ2v) is 5.54. The van der Waals surface area contributed by atoms with Gasteiger partial charge in [0.15, 0.2) is 0 Å². The number of phenols is 1. The van der Waals surface area contributed by atoms with Gasteiger partial charge in [-0.3, -0.25) is 14.6 Å². The molecule has 0 saturated carbocycles. The molecule has 21 heavy (non-hydrogen) atoms. The number of hydrogen-bond acceptors (Lipinski definition) is 4. The Kier molecular flexibility index (Phi) is 5.59. The molecular weight excluding hydrogens is 268 g/mol. The summed E-state index contributed by atoms with van der Waals surface area (Å²) in [5, 5.41) is 19.0. The van der Waals surface area contributed by atoms with Crippen LogP contribution in [0, 0.1) is 0 Å². The Bertz CT molecular complexity index is 478. The number of aliphatic carboxylic acids is 1. The van der Waals surface area contributed by atoms with Crippen LogP contribution in [0.3, 0.4) is 0 Å². The molecule has 0 amide bonds. The molecule has 5 heteroatoms. The van der Waals surface area contributed by atoms with Crippen LogP contribution in [-0.4, -0.2) is 58.7 Å². The van der Waals surface area contributed by atoms with Crippen LogP contribution >= 0.6 is 0 Å². The van der Waals surface area contributed by atoms with Crippen molar-refractivity contribution in [2.45, 2.75) is 25.8 Å². The molecule has 0 bridgehead atoms. The zero-order valence-electron chi connectivity index (χ0n) is 12.5. The minimum absolute atomic E-state index is 0.112. The lowest BCUT2D eigenvalue weighted by Gasteiger charge is -2.30. The minimum atomic E-state index is -0.767. The van der Waals surface area contributed by atoms with Gasteiger partial charge in [-0.05, 0) is 18.9 Å². The molecule has 2 N–H and O–H groups in total. The van der Waals surface area contributed by atoms with Crippen LogP contribution in [0.1, 0.15) is 31.4 Å². The summed E-state index contributed by atoms with van der Waals surface area (Å²) in [4.78, 5) is 15.2. The van der Waals surface area contributed by atoms with E-state index in [-0.39, 0.29) is 12.6 Å². The lowest BCUT2D eigenvalue weighted by atomic mass is 10.0. The topological polar surface area (TPSA) is 64.0 Å². The molecule has 1 aliphatic rings. The lowest BCUT2D eigenvalue weighted by molar-refractivity contribution is -0.138. The van der Waals surface area contributed by atoms with Gasteiger partial charge in [0.2, 0.25) is 0 Å². The first kappa shape index (κ1) is 15.8. The predicted octanol–water partition coefficient (Wildman–Crippen LogP) is 1.94. The number of hydrogen-bond donors (Lipinski definition) is 2. The zero-order valence-corrected chi connectivity index (χ0v) is 12.5. The van der Waals surface area contributed by atoms with Crippen molar-refractivity contribution in [3.8, 4) is 5.75 Å². The molecule has 0 aliphatic carbocycles. The van der Waals surface area contributed by atoms with E-state index in [1.807, 2.05) is 23.1 Å². The van der Waals surface area contributed by atoms with Gasteiger partial charge < -0.3 is 10.2 Å². The first-order valence-electron chi connectivity index (χ1n) is 7.58. The van der Waals surface area contributed by atoms with E-state index in [0.29, 0.717) is 5.75 Å². The second kappa shape index (κ2) is 7.43. The molecule has 0 aromatic heterocycles. The maximum absolute atomic E-state index is 10.8. The van der Waals surface area contributed by atoms with E-state index in [4.69, 9.17) is 5.11 Å². The quantitative estimate of drug-likeness (QED) is 0.868. The monoisotopic (exact) mass is 292 g/mol. The Morgan fingerprint density at radius 3 is 2.67 bits per heavy atom. The van der Waals surface area contributed by atoms with Crippen molar-refractivity contribution in [1.29, 1.82) is 0 Å². The molecule has 116 valence electrons. The molecule has 5 nitrogen and oxygen atoms in total. The number of carboxylic acid groups (broad SMARTS) is 1. The molecule has 0 radical (unpaired) electrons. The van der Waals surface area contributed by atoms with Gasteiger partial charge in [-0.25, -0.2) is 0 Å². The maximum atomic E-state index is 10.8. The molecule has 1 heterocycles. The van der Waals surface area contributed by atoms with Crippen LogP contribution in [-0.2, 0) is 4.79 Å². The van der Waals surface area contributed by atoms with E-state index in [2.05, 4.69) is 11.8 Å². The van der Waals surface area contributed by atoms with E-state index in [0.717, 1.165) is 44.6 Å². The molecule has 1 aromatic carbocycles. The van der Waals surface area contributed by atoms with E-state index in [1.54, 1.807) is 6.07 Å². The third kappa shape index (κ3) is 4.19. The summed E-state index contributed by atoms with van der Waals surface area (Å²) in [7, 11) is 0. The number of benzene rings is 1. The summed E-state index contributed by atoms with van der Waals surface area (Å²) in [6.07, 6.45) is 1.88. The van der Waals surface area contributed by atoms with Crippen LogP contribution < -0.4 is 0 Å². The molecule has 1 unspecified atom stereocenters. The van der Waals surface area contributed by atoms with Crippen molar-refractivity contribution in [3.05, 3.63) is 29.8 Å². The van der Waals surface area contributed by atoms with Gasteiger partial charge in [-0.15, -0.1) is 0 Å².